The van der Waals surface area contributed by atoms with Crippen molar-refractivity contribution in [2.45, 2.75) is 30.4 Å². The van der Waals surface area contributed by atoms with Gasteiger partial charge in [-0.3, -0.25) is 8.78 Å². The Hall–Kier alpha value is -0.260. The lowest BCUT2D eigenvalue weighted by Crippen LogP contribution is -2.71. The fourth-order valence-electron chi connectivity index (χ4n) is 2.71. The predicted molar refractivity (Wildman–Crippen MR) is 50.9 cm³/mol. The highest BCUT2D eigenvalue weighted by molar-refractivity contribution is 5.17. The van der Waals surface area contributed by atoms with Gasteiger partial charge in [0.15, 0.2) is 0 Å². The quantitative estimate of drug-likeness (QED) is 0.732. The molecule has 1 aliphatic heterocycles. The maximum Gasteiger partial charge on any atom is 0.0977 e. The Morgan fingerprint density at radius 2 is 1.87 bits per heavy atom. The minimum absolute atomic E-state index is 0.104. The van der Waals surface area contributed by atoms with Crippen LogP contribution in [0, 0.1) is 5.41 Å². The first-order valence-corrected chi connectivity index (χ1v) is 5.20. The van der Waals surface area contributed by atoms with Crippen LogP contribution in [0.2, 0.25) is 0 Å². The molecule has 1 atom stereocenters. The van der Waals surface area contributed by atoms with Gasteiger partial charge in [-0.1, -0.05) is 0 Å². The van der Waals surface area contributed by atoms with Crippen molar-refractivity contribution in [2.24, 2.45) is 11.1 Å². The summed E-state index contributed by atoms with van der Waals surface area (Å²) in [6, 6.07) is 0. The molecular weight excluding hydrogens is 204 g/mol. The van der Waals surface area contributed by atoms with E-state index in [0.29, 0.717) is 13.0 Å². The fraction of sp³-hybridized carbons (Fsp3) is 1.00. The van der Waals surface area contributed by atoms with Crippen LogP contribution in [-0.2, 0) is 4.74 Å². The molecule has 0 radical (unpaired) electrons. The summed E-state index contributed by atoms with van der Waals surface area (Å²) in [5.74, 6) is 0. The standard InChI is InChI=1S/C10H17F2NO2/c11-5-8(6-12)3-10(14,4-8)9(13)1-2-15-7-9/h14H,1-7,13H2. The highest BCUT2D eigenvalue weighted by atomic mass is 19.1. The van der Waals surface area contributed by atoms with Gasteiger partial charge in [0.2, 0.25) is 0 Å². The zero-order chi connectivity index (χ0) is 11.2. The van der Waals surface area contributed by atoms with Crippen LogP contribution in [0.3, 0.4) is 0 Å². The maximum absolute atomic E-state index is 12.6. The number of aliphatic hydroxyl groups is 1. The molecule has 3 N–H and O–H groups in total. The summed E-state index contributed by atoms with van der Waals surface area (Å²) in [6.07, 6.45) is 0.762. The van der Waals surface area contributed by atoms with Gasteiger partial charge in [-0.15, -0.1) is 0 Å². The second kappa shape index (κ2) is 3.37. The summed E-state index contributed by atoms with van der Waals surface area (Å²) in [5.41, 5.74) is 3.04. The van der Waals surface area contributed by atoms with E-state index in [9.17, 15) is 13.9 Å². The Kier molecular flexibility index (Phi) is 2.52. The second-order valence-electron chi connectivity index (χ2n) is 5.11. The number of halogens is 2. The Morgan fingerprint density at radius 3 is 2.27 bits per heavy atom. The van der Waals surface area contributed by atoms with Gasteiger partial charge in [0.1, 0.15) is 0 Å². The third kappa shape index (κ3) is 1.48. The number of ether oxygens (including phenoxy) is 1. The van der Waals surface area contributed by atoms with E-state index in [1.165, 1.54) is 0 Å². The molecule has 2 fully saturated rings. The number of hydrogen-bond donors (Lipinski definition) is 2. The third-order valence-electron chi connectivity index (χ3n) is 3.88. The van der Waals surface area contributed by atoms with Crippen molar-refractivity contribution >= 4 is 0 Å². The minimum atomic E-state index is -1.15. The Balaban J connectivity index is 2.06. The molecule has 3 nitrogen and oxygen atoms in total. The van der Waals surface area contributed by atoms with Crippen molar-refractivity contribution < 1.29 is 18.6 Å². The molecule has 2 rings (SSSR count). The van der Waals surface area contributed by atoms with Crippen LogP contribution in [0.5, 0.6) is 0 Å². The largest absolute Gasteiger partial charge is 0.388 e. The first-order valence-electron chi connectivity index (χ1n) is 5.20. The summed E-state index contributed by atoms with van der Waals surface area (Å²) in [6.45, 7) is -0.680. The number of nitrogens with two attached hydrogens (primary N) is 1. The van der Waals surface area contributed by atoms with Gasteiger partial charge < -0.3 is 15.6 Å². The minimum Gasteiger partial charge on any atom is -0.388 e. The van der Waals surface area contributed by atoms with Gasteiger partial charge >= 0.3 is 0 Å². The van der Waals surface area contributed by atoms with Gasteiger partial charge in [0.25, 0.3) is 0 Å². The van der Waals surface area contributed by atoms with Gasteiger partial charge in [-0.05, 0) is 19.3 Å². The first kappa shape index (κ1) is 11.2. The van der Waals surface area contributed by atoms with Crippen LogP contribution in [-0.4, -0.2) is 42.8 Å². The van der Waals surface area contributed by atoms with Gasteiger partial charge in [-0.25, -0.2) is 0 Å². The normalized spacial score (nSPS) is 37.6. The zero-order valence-electron chi connectivity index (χ0n) is 8.64. The van der Waals surface area contributed by atoms with Crippen molar-refractivity contribution in [3.05, 3.63) is 0 Å². The highest BCUT2D eigenvalue weighted by Gasteiger charge is 2.63. The Labute approximate surface area is 87.6 Å². The van der Waals surface area contributed by atoms with Crippen LogP contribution in [0.15, 0.2) is 0 Å². The Morgan fingerprint density at radius 1 is 1.27 bits per heavy atom. The summed E-state index contributed by atoms with van der Waals surface area (Å²) in [5, 5.41) is 10.2. The molecule has 88 valence electrons. The molecule has 1 unspecified atom stereocenters. The molecule has 0 bridgehead atoms. The lowest BCUT2D eigenvalue weighted by atomic mass is 9.53. The van der Waals surface area contributed by atoms with Crippen molar-refractivity contribution in [2.75, 3.05) is 26.6 Å². The molecule has 1 saturated heterocycles. The van der Waals surface area contributed by atoms with Gasteiger partial charge in [0.05, 0.1) is 31.1 Å². The molecule has 5 heteroatoms. The number of rotatable bonds is 3. The average Bonchev–Trinajstić information content (AvgIpc) is 2.61. The second-order valence-corrected chi connectivity index (χ2v) is 5.11. The Bertz CT molecular complexity index is 242. The van der Waals surface area contributed by atoms with E-state index >= 15 is 0 Å². The predicted octanol–water partition coefficient (Wildman–Crippen LogP) is 0.554. The average molecular weight is 221 g/mol. The van der Waals surface area contributed by atoms with Crippen molar-refractivity contribution in [3.63, 3.8) is 0 Å². The van der Waals surface area contributed by atoms with Crippen LogP contribution in [0.1, 0.15) is 19.3 Å². The van der Waals surface area contributed by atoms with E-state index in [1.807, 2.05) is 0 Å². The molecule has 0 spiro atoms. The highest BCUT2D eigenvalue weighted by Crippen LogP contribution is 2.54. The van der Waals surface area contributed by atoms with Gasteiger partial charge in [-0.2, -0.15) is 0 Å². The maximum atomic E-state index is 12.6. The van der Waals surface area contributed by atoms with E-state index < -0.39 is 29.9 Å². The lowest BCUT2D eigenvalue weighted by molar-refractivity contribution is -0.184. The SMILES string of the molecule is NC1(C2(O)CC(CF)(CF)C2)CCOC1. The molecule has 0 aromatic rings. The van der Waals surface area contributed by atoms with E-state index in [1.54, 1.807) is 0 Å². The van der Waals surface area contributed by atoms with E-state index in [4.69, 9.17) is 10.5 Å². The van der Waals surface area contributed by atoms with E-state index in [2.05, 4.69) is 0 Å². The van der Waals surface area contributed by atoms with Crippen LogP contribution in [0.4, 0.5) is 8.78 Å². The lowest BCUT2D eigenvalue weighted by Gasteiger charge is -2.57. The smallest absolute Gasteiger partial charge is 0.0977 e. The first-order chi connectivity index (χ1) is 6.99. The summed E-state index contributed by atoms with van der Waals surface area (Å²) >= 11 is 0. The third-order valence-corrected chi connectivity index (χ3v) is 3.88. The number of alkyl halides is 2. The topological polar surface area (TPSA) is 55.5 Å². The molecule has 0 aromatic heterocycles. The monoisotopic (exact) mass is 221 g/mol. The molecule has 1 saturated carbocycles. The van der Waals surface area contributed by atoms with Crippen LogP contribution >= 0.6 is 0 Å². The van der Waals surface area contributed by atoms with E-state index in [0.717, 1.165) is 0 Å². The van der Waals surface area contributed by atoms with Crippen molar-refractivity contribution in [1.82, 2.24) is 0 Å². The molecule has 0 aromatic carbocycles. The van der Waals surface area contributed by atoms with Gasteiger partial charge in [0, 0.05) is 12.0 Å². The summed E-state index contributed by atoms with van der Waals surface area (Å²) in [7, 11) is 0. The zero-order valence-corrected chi connectivity index (χ0v) is 8.64. The van der Waals surface area contributed by atoms with Crippen molar-refractivity contribution in [1.29, 1.82) is 0 Å². The fourth-order valence-corrected chi connectivity index (χ4v) is 2.71. The summed E-state index contributed by atoms with van der Waals surface area (Å²) in [4.78, 5) is 0. The molecular formula is C10H17F2NO2. The van der Waals surface area contributed by atoms with Crippen molar-refractivity contribution in [3.8, 4) is 0 Å². The molecule has 15 heavy (non-hydrogen) atoms. The molecule has 0 amide bonds. The van der Waals surface area contributed by atoms with E-state index in [-0.39, 0.29) is 19.4 Å². The molecule has 1 aliphatic carbocycles. The van der Waals surface area contributed by atoms with Crippen LogP contribution < -0.4 is 5.73 Å². The molecule has 2 aliphatic rings. The summed E-state index contributed by atoms with van der Waals surface area (Å²) < 4.78 is 30.4. The number of hydrogen-bond acceptors (Lipinski definition) is 3. The van der Waals surface area contributed by atoms with Crippen LogP contribution in [0.25, 0.3) is 0 Å². The molecule has 1 heterocycles.